The molecule has 0 atom stereocenters. The molecule has 1 heterocycles. The monoisotopic (exact) mass is 358 g/mol. The van der Waals surface area contributed by atoms with Gasteiger partial charge in [0.2, 0.25) is 0 Å². The van der Waals surface area contributed by atoms with E-state index >= 15 is 0 Å². The molecule has 9 nitrogen and oxygen atoms in total. The van der Waals surface area contributed by atoms with Crippen LogP contribution in [-0.2, 0) is 0 Å². The molecule has 9 heteroatoms. The lowest BCUT2D eigenvalue weighted by Gasteiger charge is -2.10. The van der Waals surface area contributed by atoms with Crippen LogP contribution in [-0.4, -0.2) is 42.1 Å². The SMILES string of the molecule is O=C(NCCCNc1ccccn1)NCCNc1ccc([N+](=O)[O-])cc1. The van der Waals surface area contributed by atoms with E-state index in [4.69, 9.17) is 0 Å². The summed E-state index contributed by atoms with van der Waals surface area (Å²) < 4.78 is 0. The summed E-state index contributed by atoms with van der Waals surface area (Å²) in [5.41, 5.74) is 0.809. The lowest BCUT2D eigenvalue weighted by molar-refractivity contribution is -0.384. The minimum atomic E-state index is -0.443. The highest BCUT2D eigenvalue weighted by Crippen LogP contribution is 2.14. The minimum Gasteiger partial charge on any atom is -0.383 e. The Kier molecular flexibility index (Phi) is 7.66. The van der Waals surface area contributed by atoms with E-state index in [0.29, 0.717) is 19.6 Å². The number of hydrogen-bond donors (Lipinski definition) is 4. The molecule has 0 bridgehead atoms. The van der Waals surface area contributed by atoms with E-state index in [2.05, 4.69) is 26.3 Å². The van der Waals surface area contributed by atoms with Crippen LogP contribution in [0.2, 0.25) is 0 Å². The van der Waals surface area contributed by atoms with E-state index in [-0.39, 0.29) is 11.7 Å². The van der Waals surface area contributed by atoms with E-state index in [1.54, 1.807) is 18.3 Å². The second-order valence-electron chi connectivity index (χ2n) is 5.41. The topological polar surface area (TPSA) is 121 Å². The highest BCUT2D eigenvalue weighted by Gasteiger charge is 2.03. The number of anilines is 2. The normalized spacial score (nSPS) is 10.0. The third-order valence-corrected chi connectivity index (χ3v) is 3.43. The average molecular weight is 358 g/mol. The van der Waals surface area contributed by atoms with E-state index in [1.807, 2.05) is 18.2 Å². The first-order valence-corrected chi connectivity index (χ1v) is 8.30. The lowest BCUT2D eigenvalue weighted by Crippen LogP contribution is -2.38. The van der Waals surface area contributed by atoms with Crippen LogP contribution >= 0.6 is 0 Å². The van der Waals surface area contributed by atoms with Gasteiger partial charge in [-0.1, -0.05) is 6.07 Å². The Bertz CT molecular complexity index is 693. The van der Waals surface area contributed by atoms with Gasteiger partial charge in [0.1, 0.15) is 5.82 Å². The number of nitrogens with zero attached hydrogens (tertiary/aromatic N) is 2. The number of urea groups is 1. The molecule has 138 valence electrons. The Morgan fingerprint density at radius 3 is 2.42 bits per heavy atom. The first-order chi connectivity index (χ1) is 12.6. The van der Waals surface area contributed by atoms with Crippen molar-refractivity contribution >= 4 is 23.2 Å². The highest BCUT2D eigenvalue weighted by molar-refractivity contribution is 5.73. The van der Waals surface area contributed by atoms with Gasteiger partial charge in [-0.05, 0) is 30.7 Å². The van der Waals surface area contributed by atoms with Gasteiger partial charge in [-0.15, -0.1) is 0 Å². The molecule has 2 amide bonds. The lowest BCUT2D eigenvalue weighted by atomic mass is 10.3. The van der Waals surface area contributed by atoms with Crippen LogP contribution in [0.25, 0.3) is 0 Å². The van der Waals surface area contributed by atoms with Crippen molar-refractivity contribution in [3.63, 3.8) is 0 Å². The maximum atomic E-state index is 11.6. The largest absolute Gasteiger partial charge is 0.383 e. The number of amides is 2. The first-order valence-electron chi connectivity index (χ1n) is 8.30. The Morgan fingerprint density at radius 1 is 0.962 bits per heavy atom. The molecule has 0 aliphatic carbocycles. The molecule has 0 radical (unpaired) electrons. The summed E-state index contributed by atoms with van der Waals surface area (Å²) in [6, 6.07) is 11.5. The van der Waals surface area contributed by atoms with Gasteiger partial charge in [-0.25, -0.2) is 9.78 Å². The van der Waals surface area contributed by atoms with Gasteiger partial charge in [-0.2, -0.15) is 0 Å². The Morgan fingerprint density at radius 2 is 1.73 bits per heavy atom. The number of non-ortho nitro benzene ring substituents is 1. The number of nitro groups is 1. The molecule has 1 aromatic heterocycles. The zero-order valence-electron chi connectivity index (χ0n) is 14.3. The van der Waals surface area contributed by atoms with Crippen LogP contribution in [0.5, 0.6) is 0 Å². The van der Waals surface area contributed by atoms with Crippen molar-refractivity contribution < 1.29 is 9.72 Å². The predicted molar refractivity (Wildman–Crippen MR) is 100 cm³/mol. The van der Waals surface area contributed by atoms with Crippen molar-refractivity contribution in [3.05, 3.63) is 58.8 Å². The zero-order chi connectivity index (χ0) is 18.6. The first kappa shape index (κ1) is 19.0. The van der Waals surface area contributed by atoms with E-state index in [9.17, 15) is 14.9 Å². The average Bonchev–Trinajstić information content (AvgIpc) is 2.66. The third-order valence-electron chi connectivity index (χ3n) is 3.43. The third kappa shape index (κ3) is 7.04. The van der Waals surface area contributed by atoms with Gasteiger partial charge in [0.25, 0.3) is 5.69 Å². The fraction of sp³-hybridized carbons (Fsp3) is 0.294. The molecular weight excluding hydrogens is 336 g/mol. The van der Waals surface area contributed by atoms with Crippen LogP contribution in [0.3, 0.4) is 0 Å². The quantitative estimate of drug-likeness (QED) is 0.293. The van der Waals surface area contributed by atoms with Crippen molar-refractivity contribution in [2.24, 2.45) is 0 Å². The summed E-state index contributed by atoms with van der Waals surface area (Å²) in [7, 11) is 0. The fourth-order valence-corrected chi connectivity index (χ4v) is 2.12. The molecular formula is C17H22N6O3. The summed E-state index contributed by atoms with van der Waals surface area (Å²) in [5, 5.41) is 22.3. The molecule has 1 aromatic carbocycles. The van der Waals surface area contributed by atoms with Crippen LogP contribution in [0, 0.1) is 10.1 Å². The smallest absolute Gasteiger partial charge is 0.314 e. The van der Waals surface area contributed by atoms with Gasteiger partial charge < -0.3 is 21.3 Å². The van der Waals surface area contributed by atoms with Gasteiger partial charge in [0, 0.05) is 50.2 Å². The number of rotatable bonds is 10. The number of carbonyl (C=O) groups excluding carboxylic acids is 1. The van der Waals surface area contributed by atoms with Crippen molar-refractivity contribution in [1.82, 2.24) is 15.6 Å². The molecule has 0 saturated carbocycles. The molecule has 0 aliphatic rings. The number of pyridine rings is 1. The molecule has 0 spiro atoms. The summed E-state index contributed by atoms with van der Waals surface area (Å²) >= 11 is 0. The molecule has 0 aliphatic heterocycles. The Balaban J connectivity index is 1.50. The van der Waals surface area contributed by atoms with Gasteiger partial charge >= 0.3 is 6.03 Å². The molecule has 26 heavy (non-hydrogen) atoms. The van der Waals surface area contributed by atoms with Crippen LogP contribution < -0.4 is 21.3 Å². The van der Waals surface area contributed by atoms with Crippen LogP contribution in [0.1, 0.15) is 6.42 Å². The molecule has 0 saturated heterocycles. The van der Waals surface area contributed by atoms with Crippen molar-refractivity contribution in [3.8, 4) is 0 Å². The van der Waals surface area contributed by atoms with Crippen LogP contribution in [0.15, 0.2) is 48.7 Å². The van der Waals surface area contributed by atoms with Crippen molar-refractivity contribution in [2.45, 2.75) is 6.42 Å². The molecule has 0 fully saturated rings. The van der Waals surface area contributed by atoms with Gasteiger partial charge in [0.15, 0.2) is 0 Å². The number of nitrogens with one attached hydrogen (secondary N) is 4. The number of aromatic nitrogens is 1. The van der Waals surface area contributed by atoms with Gasteiger partial charge in [0.05, 0.1) is 4.92 Å². The minimum absolute atomic E-state index is 0.0468. The summed E-state index contributed by atoms with van der Waals surface area (Å²) in [6.07, 6.45) is 2.50. The number of benzene rings is 1. The van der Waals surface area contributed by atoms with Crippen molar-refractivity contribution in [2.75, 3.05) is 36.8 Å². The van der Waals surface area contributed by atoms with Gasteiger partial charge in [-0.3, -0.25) is 10.1 Å². The Hall–Kier alpha value is -3.36. The summed E-state index contributed by atoms with van der Waals surface area (Å²) in [6.45, 7) is 2.24. The van der Waals surface area contributed by atoms with Crippen molar-refractivity contribution in [1.29, 1.82) is 0 Å². The van der Waals surface area contributed by atoms with Crippen LogP contribution in [0.4, 0.5) is 22.0 Å². The van der Waals surface area contributed by atoms with E-state index < -0.39 is 4.92 Å². The summed E-state index contributed by atoms with van der Waals surface area (Å²) in [4.78, 5) is 25.9. The number of nitro benzene ring substituents is 1. The van der Waals surface area contributed by atoms with E-state index in [0.717, 1.165) is 24.5 Å². The Labute approximate surface area is 151 Å². The standard InChI is InChI=1S/C17H22N6O3/c24-17(21-11-3-10-20-16-4-1-2-9-19-16)22-13-12-18-14-5-7-15(8-6-14)23(25)26/h1-2,4-9,18H,3,10-13H2,(H,19,20)(H2,21,22,24). The summed E-state index contributed by atoms with van der Waals surface area (Å²) in [5.74, 6) is 0.814. The van der Waals surface area contributed by atoms with E-state index in [1.165, 1.54) is 12.1 Å². The highest BCUT2D eigenvalue weighted by atomic mass is 16.6. The molecule has 4 N–H and O–H groups in total. The molecule has 0 unspecified atom stereocenters. The molecule has 2 rings (SSSR count). The predicted octanol–water partition coefficient (Wildman–Crippen LogP) is 2.20. The molecule has 2 aromatic rings. The maximum absolute atomic E-state index is 11.6. The second-order valence-corrected chi connectivity index (χ2v) is 5.41. The fourth-order valence-electron chi connectivity index (χ4n) is 2.12. The number of carbonyl (C=O) groups is 1. The zero-order valence-corrected chi connectivity index (χ0v) is 14.3. The number of hydrogen-bond acceptors (Lipinski definition) is 6. The maximum Gasteiger partial charge on any atom is 0.314 e. The second kappa shape index (κ2) is 10.5.